The molecule has 1 aliphatic rings. The number of Topliss-reactive ketones (excluding diaryl/α,β-unsaturated/α-hetero) is 1. The number of halogens is 1. The molecule has 0 aliphatic carbocycles. The van der Waals surface area contributed by atoms with Crippen LogP contribution in [0.4, 0.5) is 0 Å². The Kier molecular flexibility index (Phi) is 6.06. The van der Waals surface area contributed by atoms with Crippen LogP contribution in [-0.4, -0.2) is 29.8 Å². The van der Waals surface area contributed by atoms with Gasteiger partial charge in [0.1, 0.15) is 0 Å². The van der Waals surface area contributed by atoms with Crippen molar-refractivity contribution < 1.29 is 4.79 Å². The number of likely N-dealkylation sites (tertiary alicyclic amines) is 1. The van der Waals surface area contributed by atoms with Gasteiger partial charge in [-0.3, -0.25) is 9.69 Å². The Morgan fingerprint density at radius 2 is 2.10 bits per heavy atom. The van der Waals surface area contributed by atoms with Crippen LogP contribution in [-0.2, 0) is 0 Å². The summed E-state index contributed by atoms with van der Waals surface area (Å²) in [4.78, 5) is 14.8. The molecule has 0 aromatic heterocycles. The van der Waals surface area contributed by atoms with E-state index in [-0.39, 0.29) is 5.78 Å². The highest BCUT2D eigenvalue weighted by molar-refractivity contribution is 6.33. The minimum absolute atomic E-state index is 0.162. The van der Waals surface area contributed by atoms with Gasteiger partial charge in [-0.05, 0) is 37.9 Å². The van der Waals surface area contributed by atoms with E-state index in [1.165, 1.54) is 32.1 Å². The molecule has 0 radical (unpaired) electrons. The molecule has 3 heteroatoms. The van der Waals surface area contributed by atoms with Gasteiger partial charge in [0.25, 0.3) is 0 Å². The summed E-state index contributed by atoms with van der Waals surface area (Å²) in [5.74, 6) is 0.162. The normalized spacial score (nSPS) is 20.6. The maximum absolute atomic E-state index is 12.3. The van der Waals surface area contributed by atoms with E-state index in [2.05, 4.69) is 11.8 Å². The number of nitrogens with zero attached hydrogens (tertiary/aromatic N) is 1. The third-order valence-corrected chi connectivity index (χ3v) is 4.60. The summed E-state index contributed by atoms with van der Waals surface area (Å²) in [7, 11) is 0. The average molecular weight is 294 g/mol. The van der Waals surface area contributed by atoms with Crippen molar-refractivity contribution >= 4 is 17.4 Å². The largest absolute Gasteiger partial charge is 0.300 e. The molecule has 1 aliphatic heterocycles. The van der Waals surface area contributed by atoms with Gasteiger partial charge in [0.2, 0.25) is 0 Å². The zero-order valence-electron chi connectivity index (χ0n) is 12.3. The monoisotopic (exact) mass is 293 g/mol. The van der Waals surface area contributed by atoms with Crippen molar-refractivity contribution in [1.29, 1.82) is 0 Å². The maximum atomic E-state index is 12.3. The molecule has 1 saturated heterocycles. The lowest BCUT2D eigenvalue weighted by Gasteiger charge is -2.28. The standard InChI is InChI=1S/C17H24ClNO/c1-2-14-8-4-3-7-12-19(14)13-11-17(20)15-9-5-6-10-16(15)18/h5-6,9-10,14H,2-4,7-8,11-13H2,1H3. The SMILES string of the molecule is CCC1CCCCCN1CCC(=O)c1ccccc1Cl. The quantitative estimate of drug-likeness (QED) is 0.741. The molecule has 0 amide bonds. The minimum atomic E-state index is 0.162. The lowest BCUT2D eigenvalue weighted by Crippen LogP contribution is -2.36. The third-order valence-electron chi connectivity index (χ3n) is 4.27. The van der Waals surface area contributed by atoms with Gasteiger partial charge in [0.15, 0.2) is 5.78 Å². The summed E-state index contributed by atoms with van der Waals surface area (Å²) >= 11 is 6.09. The predicted octanol–water partition coefficient (Wildman–Crippen LogP) is 4.57. The number of hydrogen-bond donors (Lipinski definition) is 0. The van der Waals surface area contributed by atoms with Gasteiger partial charge in [0.05, 0.1) is 5.02 Å². The van der Waals surface area contributed by atoms with Crippen molar-refractivity contribution in [2.45, 2.75) is 51.5 Å². The van der Waals surface area contributed by atoms with Crippen LogP contribution in [0.5, 0.6) is 0 Å². The summed E-state index contributed by atoms with van der Waals surface area (Å²) in [6, 6.07) is 8.00. The van der Waals surface area contributed by atoms with Crippen LogP contribution < -0.4 is 0 Å². The second-order valence-corrected chi connectivity index (χ2v) is 6.01. The third kappa shape index (κ3) is 4.07. The molecular formula is C17H24ClNO. The topological polar surface area (TPSA) is 20.3 Å². The highest BCUT2D eigenvalue weighted by atomic mass is 35.5. The lowest BCUT2D eigenvalue weighted by molar-refractivity contribution is 0.0949. The van der Waals surface area contributed by atoms with Crippen LogP contribution in [0.3, 0.4) is 0 Å². The average Bonchev–Trinajstić information content (AvgIpc) is 2.70. The first-order valence-electron chi connectivity index (χ1n) is 7.74. The Balaban J connectivity index is 1.93. The second kappa shape index (κ2) is 7.80. The van der Waals surface area contributed by atoms with E-state index in [4.69, 9.17) is 11.6 Å². The van der Waals surface area contributed by atoms with Crippen LogP contribution in [0.2, 0.25) is 5.02 Å². The van der Waals surface area contributed by atoms with E-state index in [1.807, 2.05) is 18.2 Å². The fourth-order valence-electron chi connectivity index (χ4n) is 3.06. The second-order valence-electron chi connectivity index (χ2n) is 5.60. The molecule has 0 spiro atoms. The predicted molar refractivity (Wildman–Crippen MR) is 84.5 cm³/mol. The van der Waals surface area contributed by atoms with Crippen LogP contribution in [0.25, 0.3) is 0 Å². The lowest BCUT2D eigenvalue weighted by atomic mass is 10.1. The first-order valence-corrected chi connectivity index (χ1v) is 8.12. The molecule has 110 valence electrons. The fraction of sp³-hybridized carbons (Fsp3) is 0.588. The van der Waals surface area contributed by atoms with Crippen LogP contribution in [0.15, 0.2) is 24.3 Å². The van der Waals surface area contributed by atoms with Crippen LogP contribution in [0.1, 0.15) is 55.8 Å². The molecule has 0 bridgehead atoms. The summed E-state index contributed by atoms with van der Waals surface area (Å²) < 4.78 is 0. The molecule has 0 N–H and O–H groups in total. The van der Waals surface area contributed by atoms with Crippen molar-refractivity contribution in [1.82, 2.24) is 4.90 Å². The van der Waals surface area contributed by atoms with Gasteiger partial charge in [-0.25, -0.2) is 0 Å². The Hall–Kier alpha value is -0.860. The zero-order chi connectivity index (χ0) is 14.4. The Labute approximate surface area is 127 Å². The first kappa shape index (κ1) is 15.5. The zero-order valence-corrected chi connectivity index (χ0v) is 13.0. The number of benzene rings is 1. The molecule has 1 fully saturated rings. The summed E-state index contributed by atoms with van der Waals surface area (Å²) in [5, 5.41) is 0.570. The van der Waals surface area contributed by atoms with E-state index in [0.29, 0.717) is 23.0 Å². The highest BCUT2D eigenvalue weighted by Crippen LogP contribution is 2.21. The van der Waals surface area contributed by atoms with Gasteiger partial charge in [-0.2, -0.15) is 0 Å². The summed E-state index contributed by atoms with van der Waals surface area (Å²) in [5.41, 5.74) is 0.664. The van der Waals surface area contributed by atoms with Crippen molar-refractivity contribution in [2.24, 2.45) is 0 Å². The molecular weight excluding hydrogens is 270 g/mol. The molecule has 2 nitrogen and oxygen atoms in total. The smallest absolute Gasteiger partial charge is 0.165 e. The molecule has 0 saturated carbocycles. The van der Waals surface area contributed by atoms with Gasteiger partial charge >= 0.3 is 0 Å². The molecule has 1 unspecified atom stereocenters. The Bertz CT molecular complexity index is 446. The van der Waals surface area contributed by atoms with Crippen molar-refractivity contribution in [3.05, 3.63) is 34.9 Å². The number of rotatable bonds is 5. The first-order chi connectivity index (χ1) is 9.72. The molecule has 1 aromatic carbocycles. The summed E-state index contributed by atoms with van der Waals surface area (Å²) in [6.45, 7) is 4.25. The molecule has 20 heavy (non-hydrogen) atoms. The Morgan fingerprint density at radius 3 is 2.85 bits per heavy atom. The van der Waals surface area contributed by atoms with Gasteiger partial charge in [0, 0.05) is 24.6 Å². The fourth-order valence-corrected chi connectivity index (χ4v) is 3.30. The Morgan fingerprint density at radius 1 is 1.30 bits per heavy atom. The van der Waals surface area contributed by atoms with E-state index < -0.39 is 0 Å². The van der Waals surface area contributed by atoms with Gasteiger partial charge in [-0.15, -0.1) is 0 Å². The molecule has 1 atom stereocenters. The molecule has 1 heterocycles. The van der Waals surface area contributed by atoms with E-state index >= 15 is 0 Å². The van der Waals surface area contributed by atoms with E-state index in [9.17, 15) is 4.79 Å². The number of carbonyl (C=O) groups excluding carboxylic acids is 1. The van der Waals surface area contributed by atoms with Gasteiger partial charge < -0.3 is 0 Å². The highest BCUT2D eigenvalue weighted by Gasteiger charge is 2.20. The van der Waals surface area contributed by atoms with E-state index in [0.717, 1.165) is 13.1 Å². The van der Waals surface area contributed by atoms with Crippen LogP contribution in [0, 0.1) is 0 Å². The maximum Gasteiger partial charge on any atom is 0.165 e. The summed E-state index contributed by atoms with van der Waals surface area (Å²) in [6.07, 6.45) is 6.94. The molecule has 2 rings (SSSR count). The van der Waals surface area contributed by atoms with E-state index in [1.54, 1.807) is 6.07 Å². The van der Waals surface area contributed by atoms with Crippen LogP contribution >= 0.6 is 11.6 Å². The van der Waals surface area contributed by atoms with Crippen molar-refractivity contribution in [3.63, 3.8) is 0 Å². The van der Waals surface area contributed by atoms with Crippen molar-refractivity contribution in [2.75, 3.05) is 13.1 Å². The van der Waals surface area contributed by atoms with Gasteiger partial charge in [-0.1, -0.05) is 43.5 Å². The number of ketones is 1. The van der Waals surface area contributed by atoms with Crippen molar-refractivity contribution in [3.8, 4) is 0 Å². The minimum Gasteiger partial charge on any atom is -0.300 e. The number of carbonyl (C=O) groups is 1. The molecule has 1 aromatic rings. The number of hydrogen-bond acceptors (Lipinski definition) is 2.